The molecule has 1 fully saturated rings. The van der Waals surface area contributed by atoms with Gasteiger partial charge in [0.1, 0.15) is 0 Å². The topological polar surface area (TPSA) is 29.9 Å². The van der Waals surface area contributed by atoms with Crippen molar-refractivity contribution in [3.8, 4) is 0 Å². The van der Waals surface area contributed by atoms with Crippen LogP contribution in [0.5, 0.6) is 0 Å². The zero-order chi connectivity index (χ0) is 14.8. The normalized spacial score (nSPS) is 24.1. The summed E-state index contributed by atoms with van der Waals surface area (Å²) in [5.74, 6) is -1.21. The molecule has 1 aliphatic rings. The molecular formula is C14H22F3N3. The van der Waals surface area contributed by atoms with Crippen molar-refractivity contribution < 1.29 is 13.2 Å². The van der Waals surface area contributed by atoms with Gasteiger partial charge >= 0.3 is 6.18 Å². The van der Waals surface area contributed by atoms with E-state index in [4.69, 9.17) is 0 Å². The van der Waals surface area contributed by atoms with E-state index in [1.165, 1.54) is 0 Å². The van der Waals surface area contributed by atoms with Crippen LogP contribution in [0.25, 0.3) is 0 Å². The first-order chi connectivity index (χ1) is 9.41. The minimum atomic E-state index is -4.10. The predicted molar refractivity (Wildman–Crippen MR) is 71.2 cm³/mol. The molecule has 1 saturated carbocycles. The van der Waals surface area contributed by atoms with E-state index in [1.54, 1.807) is 4.68 Å². The third-order valence-corrected chi connectivity index (χ3v) is 4.07. The molecule has 0 amide bonds. The van der Waals surface area contributed by atoms with Gasteiger partial charge in [-0.15, -0.1) is 0 Å². The van der Waals surface area contributed by atoms with Gasteiger partial charge in [-0.1, -0.05) is 19.8 Å². The zero-order valence-corrected chi connectivity index (χ0v) is 12.0. The van der Waals surface area contributed by atoms with Crippen LogP contribution in [0.4, 0.5) is 13.2 Å². The monoisotopic (exact) mass is 289 g/mol. The Morgan fingerprint density at radius 1 is 1.35 bits per heavy atom. The maximum Gasteiger partial charge on any atom is 0.393 e. The minimum absolute atomic E-state index is 0.245. The van der Waals surface area contributed by atoms with Crippen LogP contribution in [0.3, 0.4) is 0 Å². The Bertz CT molecular complexity index is 439. The summed E-state index contributed by atoms with van der Waals surface area (Å²) in [6.07, 6.45) is 0.983. The molecule has 0 spiro atoms. The molecule has 2 atom stereocenters. The summed E-state index contributed by atoms with van der Waals surface area (Å²) in [5, 5.41) is 7.42. The predicted octanol–water partition coefficient (Wildman–Crippen LogP) is 3.19. The summed E-state index contributed by atoms with van der Waals surface area (Å²) in [6, 6.07) is -0.464. The van der Waals surface area contributed by atoms with Gasteiger partial charge in [0, 0.05) is 31.4 Å². The van der Waals surface area contributed by atoms with Gasteiger partial charge in [-0.3, -0.25) is 4.68 Å². The Hall–Kier alpha value is -1.04. The van der Waals surface area contributed by atoms with Crippen LogP contribution in [0.15, 0.2) is 6.20 Å². The fourth-order valence-corrected chi connectivity index (χ4v) is 3.04. The lowest BCUT2D eigenvalue weighted by molar-refractivity contribution is -0.189. The molecule has 0 radical (unpaired) electrons. The van der Waals surface area contributed by atoms with E-state index in [2.05, 4.69) is 10.4 Å². The summed E-state index contributed by atoms with van der Waals surface area (Å²) in [6.45, 7) is 2.47. The van der Waals surface area contributed by atoms with E-state index < -0.39 is 18.1 Å². The van der Waals surface area contributed by atoms with Crippen LogP contribution in [-0.4, -0.2) is 22.0 Å². The highest BCUT2D eigenvalue weighted by Crippen LogP contribution is 2.37. The molecule has 1 aliphatic carbocycles. The van der Waals surface area contributed by atoms with Crippen molar-refractivity contribution in [3.63, 3.8) is 0 Å². The van der Waals surface area contributed by atoms with Gasteiger partial charge < -0.3 is 5.32 Å². The van der Waals surface area contributed by atoms with E-state index in [0.717, 1.165) is 24.1 Å². The lowest BCUT2D eigenvalue weighted by Gasteiger charge is -2.33. The Morgan fingerprint density at radius 2 is 2.05 bits per heavy atom. The highest BCUT2D eigenvalue weighted by molar-refractivity contribution is 5.16. The molecule has 20 heavy (non-hydrogen) atoms. The Kier molecular flexibility index (Phi) is 4.73. The number of hydrogen-bond acceptors (Lipinski definition) is 2. The summed E-state index contributed by atoms with van der Waals surface area (Å²) in [5.41, 5.74) is 1.96. The number of aryl methyl sites for hydroxylation is 2. The smallest absolute Gasteiger partial charge is 0.309 e. The number of halogens is 3. The van der Waals surface area contributed by atoms with E-state index in [-0.39, 0.29) is 6.42 Å². The van der Waals surface area contributed by atoms with E-state index in [9.17, 15) is 13.2 Å². The summed E-state index contributed by atoms with van der Waals surface area (Å²) in [7, 11) is 1.84. The van der Waals surface area contributed by atoms with E-state index in [1.807, 2.05) is 20.2 Å². The molecule has 1 aromatic rings. The molecule has 6 heteroatoms. The molecule has 3 nitrogen and oxygen atoms in total. The van der Waals surface area contributed by atoms with Crippen LogP contribution in [0.2, 0.25) is 0 Å². The van der Waals surface area contributed by atoms with Crippen LogP contribution in [0, 0.1) is 5.92 Å². The van der Waals surface area contributed by atoms with Crippen LogP contribution < -0.4 is 5.32 Å². The number of rotatable bonds is 4. The second kappa shape index (κ2) is 6.16. The lowest BCUT2D eigenvalue weighted by Crippen LogP contribution is -2.45. The first-order valence-electron chi connectivity index (χ1n) is 7.23. The van der Waals surface area contributed by atoms with Crippen molar-refractivity contribution >= 4 is 0 Å². The minimum Gasteiger partial charge on any atom is -0.309 e. The fraction of sp³-hybridized carbons (Fsp3) is 0.786. The molecular weight excluding hydrogens is 267 g/mol. The fourth-order valence-electron chi connectivity index (χ4n) is 3.04. The average molecular weight is 289 g/mol. The highest BCUT2D eigenvalue weighted by atomic mass is 19.4. The Morgan fingerprint density at radius 3 is 2.70 bits per heavy atom. The third kappa shape index (κ3) is 3.53. The first kappa shape index (κ1) is 15.4. The number of hydrogen-bond donors (Lipinski definition) is 1. The highest BCUT2D eigenvalue weighted by Gasteiger charge is 2.45. The molecule has 0 bridgehead atoms. The van der Waals surface area contributed by atoms with Crippen molar-refractivity contribution in [2.75, 3.05) is 0 Å². The average Bonchev–Trinajstić information content (AvgIpc) is 2.76. The molecule has 1 N–H and O–H groups in total. The Balaban J connectivity index is 2.00. The lowest BCUT2D eigenvalue weighted by atomic mass is 9.84. The maximum absolute atomic E-state index is 13.0. The standard InChI is InChI=1S/C14H22F3N3/c1-3-12-10(9-20(2)19-12)8-18-13-7-5-4-6-11(13)14(15,16)17/h9,11,13,18H,3-8H2,1-2H3. The quantitative estimate of drug-likeness (QED) is 0.922. The van der Waals surface area contributed by atoms with Crippen molar-refractivity contribution in [2.24, 2.45) is 13.0 Å². The largest absolute Gasteiger partial charge is 0.393 e. The van der Waals surface area contributed by atoms with Crippen molar-refractivity contribution in [3.05, 3.63) is 17.5 Å². The SMILES string of the molecule is CCc1nn(C)cc1CNC1CCCCC1C(F)(F)F. The summed E-state index contributed by atoms with van der Waals surface area (Å²) < 4.78 is 40.8. The van der Waals surface area contributed by atoms with Gasteiger partial charge in [0.25, 0.3) is 0 Å². The van der Waals surface area contributed by atoms with Gasteiger partial charge in [0.2, 0.25) is 0 Å². The number of nitrogens with zero attached hydrogens (tertiary/aromatic N) is 2. The van der Waals surface area contributed by atoms with Gasteiger partial charge in [-0.2, -0.15) is 18.3 Å². The van der Waals surface area contributed by atoms with Crippen LogP contribution in [-0.2, 0) is 20.0 Å². The van der Waals surface area contributed by atoms with E-state index >= 15 is 0 Å². The van der Waals surface area contributed by atoms with Crippen molar-refractivity contribution in [1.82, 2.24) is 15.1 Å². The second-order valence-corrected chi connectivity index (χ2v) is 5.55. The van der Waals surface area contributed by atoms with Gasteiger partial charge in [-0.25, -0.2) is 0 Å². The third-order valence-electron chi connectivity index (χ3n) is 4.07. The summed E-state index contributed by atoms with van der Waals surface area (Å²) >= 11 is 0. The molecule has 1 aromatic heterocycles. The van der Waals surface area contributed by atoms with Gasteiger partial charge in [0.05, 0.1) is 11.6 Å². The second-order valence-electron chi connectivity index (χ2n) is 5.55. The van der Waals surface area contributed by atoms with Crippen molar-refractivity contribution in [1.29, 1.82) is 0 Å². The number of aromatic nitrogens is 2. The molecule has 114 valence electrons. The van der Waals surface area contributed by atoms with Crippen LogP contribution in [0.1, 0.15) is 43.9 Å². The Labute approximate surface area is 117 Å². The molecule has 2 rings (SSSR count). The molecule has 2 unspecified atom stereocenters. The number of nitrogens with one attached hydrogen (secondary N) is 1. The van der Waals surface area contributed by atoms with Crippen LogP contribution >= 0.6 is 0 Å². The number of alkyl halides is 3. The van der Waals surface area contributed by atoms with Gasteiger partial charge in [-0.05, 0) is 19.3 Å². The maximum atomic E-state index is 13.0. The molecule has 0 saturated heterocycles. The zero-order valence-electron chi connectivity index (χ0n) is 12.0. The summed E-state index contributed by atoms with van der Waals surface area (Å²) in [4.78, 5) is 0. The first-order valence-corrected chi connectivity index (χ1v) is 7.23. The molecule has 1 heterocycles. The van der Waals surface area contributed by atoms with E-state index in [0.29, 0.717) is 19.4 Å². The van der Waals surface area contributed by atoms with Crippen molar-refractivity contribution in [2.45, 2.75) is 57.8 Å². The molecule has 0 aliphatic heterocycles. The molecule has 0 aromatic carbocycles. The van der Waals surface area contributed by atoms with Gasteiger partial charge in [0.15, 0.2) is 0 Å².